The smallest absolute Gasteiger partial charge is 0.305 e. The zero-order valence-electron chi connectivity index (χ0n) is 10.5. The number of nitrogens with zero attached hydrogens (tertiary/aromatic N) is 1. The van der Waals surface area contributed by atoms with E-state index in [1.807, 2.05) is 31.7 Å². The predicted octanol–water partition coefficient (Wildman–Crippen LogP) is 3.26. The minimum Gasteiger partial charge on any atom is -0.481 e. The second-order valence-corrected chi connectivity index (χ2v) is 4.54. The third-order valence-corrected chi connectivity index (χ3v) is 2.98. The number of carboxylic acids is 1. The number of hydrogen-bond acceptors (Lipinski definition) is 2. The molecule has 1 N–H and O–H groups in total. The van der Waals surface area contributed by atoms with Crippen LogP contribution in [0.15, 0.2) is 12.1 Å². The van der Waals surface area contributed by atoms with Crippen LogP contribution in [0.3, 0.4) is 0 Å². The lowest BCUT2D eigenvalue weighted by molar-refractivity contribution is -0.136. The lowest BCUT2D eigenvalue weighted by Crippen LogP contribution is -2.26. The van der Waals surface area contributed by atoms with Gasteiger partial charge in [0.2, 0.25) is 0 Å². The minimum absolute atomic E-state index is 0.123. The summed E-state index contributed by atoms with van der Waals surface area (Å²) in [5.41, 5.74) is 3.15. The zero-order valence-corrected chi connectivity index (χ0v) is 11.2. The maximum atomic E-state index is 10.6. The molecular weight excluding hydrogens is 238 g/mol. The molecule has 0 fully saturated rings. The molecule has 0 aliphatic heterocycles. The van der Waals surface area contributed by atoms with Gasteiger partial charge in [0.25, 0.3) is 0 Å². The second kappa shape index (κ2) is 5.92. The molecule has 0 aliphatic rings. The molecule has 94 valence electrons. The van der Waals surface area contributed by atoms with E-state index in [1.54, 1.807) is 0 Å². The Hall–Kier alpha value is -1.22. The maximum Gasteiger partial charge on any atom is 0.305 e. The van der Waals surface area contributed by atoms with E-state index in [-0.39, 0.29) is 6.42 Å². The summed E-state index contributed by atoms with van der Waals surface area (Å²) >= 11 is 6.23. The summed E-state index contributed by atoms with van der Waals surface area (Å²) < 4.78 is 0. The number of aryl methyl sites for hydroxylation is 2. The number of halogens is 1. The summed E-state index contributed by atoms with van der Waals surface area (Å²) in [5, 5.41) is 9.42. The van der Waals surface area contributed by atoms with Crippen molar-refractivity contribution >= 4 is 23.3 Å². The van der Waals surface area contributed by atoms with E-state index >= 15 is 0 Å². The normalized spacial score (nSPS) is 10.4. The first-order chi connectivity index (χ1) is 7.95. The summed E-state index contributed by atoms with van der Waals surface area (Å²) in [6.07, 6.45) is 0.123. The van der Waals surface area contributed by atoms with Gasteiger partial charge in [-0.1, -0.05) is 17.7 Å². The minimum atomic E-state index is -0.788. The van der Waals surface area contributed by atoms with Crippen LogP contribution in [0.5, 0.6) is 0 Å². The Morgan fingerprint density at radius 3 is 2.53 bits per heavy atom. The quantitative estimate of drug-likeness (QED) is 0.878. The molecule has 0 atom stereocenters. The molecule has 0 saturated heterocycles. The van der Waals surface area contributed by atoms with Gasteiger partial charge in [-0.05, 0) is 38.0 Å². The molecule has 0 spiro atoms. The molecule has 4 heteroatoms. The van der Waals surface area contributed by atoms with Crippen LogP contribution in [0.1, 0.15) is 24.5 Å². The van der Waals surface area contributed by atoms with Crippen molar-refractivity contribution in [2.75, 3.05) is 18.0 Å². The van der Waals surface area contributed by atoms with E-state index in [0.717, 1.165) is 23.4 Å². The highest BCUT2D eigenvalue weighted by Crippen LogP contribution is 2.30. The Morgan fingerprint density at radius 2 is 2.06 bits per heavy atom. The van der Waals surface area contributed by atoms with Crippen molar-refractivity contribution in [2.45, 2.75) is 27.2 Å². The van der Waals surface area contributed by atoms with Crippen molar-refractivity contribution in [2.24, 2.45) is 0 Å². The van der Waals surface area contributed by atoms with Gasteiger partial charge >= 0.3 is 5.97 Å². The van der Waals surface area contributed by atoms with Gasteiger partial charge in [0, 0.05) is 13.1 Å². The monoisotopic (exact) mass is 255 g/mol. The number of anilines is 1. The molecule has 0 saturated carbocycles. The fourth-order valence-corrected chi connectivity index (χ4v) is 2.41. The molecule has 0 radical (unpaired) electrons. The van der Waals surface area contributed by atoms with Crippen molar-refractivity contribution in [1.29, 1.82) is 0 Å². The van der Waals surface area contributed by atoms with Gasteiger partial charge in [0.1, 0.15) is 0 Å². The summed E-state index contributed by atoms with van der Waals surface area (Å²) in [5.74, 6) is -0.788. The first-order valence-electron chi connectivity index (χ1n) is 5.69. The summed E-state index contributed by atoms with van der Waals surface area (Å²) in [4.78, 5) is 12.6. The van der Waals surface area contributed by atoms with Crippen molar-refractivity contribution in [3.63, 3.8) is 0 Å². The fraction of sp³-hybridized carbons (Fsp3) is 0.462. The highest BCUT2D eigenvalue weighted by atomic mass is 35.5. The van der Waals surface area contributed by atoms with E-state index in [4.69, 9.17) is 16.7 Å². The molecule has 1 aromatic carbocycles. The highest BCUT2D eigenvalue weighted by Gasteiger charge is 2.13. The van der Waals surface area contributed by atoms with E-state index in [0.29, 0.717) is 11.6 Å². The molecule has 0 aliphatic carbocycles. The molecule has 17 heavy (non-hydrogen) atoms. The fourth-order valence-electron chi connectivity index (χ4n) is 1.97. The molecule has 0 amide bonds. The molecule has 0 aromatic heterocycles. The maximum absolute atomic E-state index is 10.6. The third kappa shape index (κ3) is 3.63. The van der Waals surface area contributed by atoms with Crippen LogP contribution in [0, 0.1) is 13.8 Å². The molecule has 1 aromatic rings. The molecule has 0 bridgehead atoms. The summed E-state index contributed by atoms with van der Waals surface area (Å²) in [6.45, 7) is 7.22. The van der Waals surface area contributed by atoms with Gasteiger partial charge in [-0.2, -0.15) is 0 Å². The average molecular weight is 256 g/mol. The second-order valence-electron chi connectivity index (χ2n) is 4.14. The Labute approximate surface area is 107 Å². The SMILES string of the molecule is CCN(CCC(=O)O)c1c(C)cc(C)cc1Cl. The molecule has 1 rings (SSSR count). The van der Waals surface area contributed by atoms with Crippen LogP contribution in [0.2, 0.25) is 5.02 Å². The van der Waals surface area contributed by atoms with Gasteiger partial charge in [0.15, 0.2) is 0 Å². The average Bonchev–Trinajstić information content (AvgIpc) is 2.21. The summed E-state index contributed by atoms with van der Waals surface area (Å²) in [6, 6.07) is 3.97. The number of aliphatic carboxylic acids is 1. The van der Waals surface area contributed by atoms with E-state index < -0.39 is 5.97 Å². The number of carboxylic acid groups (broad SMARTS) is 1. The Morgan fingerprint density at radius 1 is 1.41 bits per heavy atom. The molecule has 3 nitrogen and oxygen atoms in total. The van der Waals surface area contributed by atoms with Crippen molar-refractivity contribution in [1.82, 2.24) is 0 Å². The van der Waals surface area contributed by atoms with E-state index in [2.05, 4.69) is 6.07 Å². The van der Waals surface area contributed by atoms with Crippen LogP contribution in [0.25, 0.3) is 0 Å². The lowest BCUT2D eigenvalue weighted by Gasteiger charge is -2.25. The Bertz CT molecular complexity index is 395. The highest BCUT2D eigenvalue weighted by molar-refractivity contribution is 6.33. The van der Waals surface area contributed by atoms with Crippen LogP contribution in [-0.2, 0) is 4.79 Å². The molecule has 0 heterocycles. The first-order valence-corrected chi connectivity index (χ1v) is 6.07. The summed E-state index contributed by atoms with van der Waals surface area (Å²) in [7, 11) is 0. The molecular formula is C13H18ClNO2. The predicted molar refractivity (Wildman–Crippen MR) is 71.1 cm³/mol. The third-order valence-electron chi connectivity index (χ3n) is 2.69. The lowest BCUT2D eigenvalue weighted by atomic mass is 10.1. The van der Waals surface area contributed by atoms with Gasteiger partial charge in [0.05, 0.1) is 17.1 Å². The van der Waals surface area contributed by atoms with Crippen LogP contribution < -0.4 is 4.90 Å². The van der Waals surface area contributed by atoms with Crippen molar-refractivity contribution < 1.29 is 9.90 Å². The van der Waals surface area contributed by atoms with Gasteiger partial charge in [-0.15, -0.1) is 0 Å². The van der Waals surface area contributed by atoms with Crippen LogP contribution >= 0.6 is 11.6 Å². The Balaban J connectivity index is 2.99. The van der Waals surface area contributed by atoms with E-state index in [9.17, 15) is 4.79 Å². The van der Waals surface area contributed by atoms with Gasteiger partial charge in [-0.25, -0.2) is 0 Å². The Kier molecular flexibility index (Phi) is 4.82. The molecule has 0 unspecified atom stereocenters. The topological polar surface area (TPSA) is 40.5 Å². The van der Waals surface area contributed by atoms with E-state index in [1.165, 1.54) is 0 Å². The number of carbonyl (C=O) groups is 1. The van der Waals surface area contributed by atoms with Crippen molar-refractivity contribution in [3.8, 4) is 0 Å². The largest absolute Gasteiger partial charge is 0.481 e. The van der Waals surface area contributed by atoms with Crippen LogP contribution in [-0.4, -0.2) is 24.2 Å². The van der Waals surface area contributed by atoms with Crippen LogP contribution in [0.4, 0.5) is 5.69 Å². The number of benzene rings is 1. The van der Waals surface area contributed by atoms with Crippen molar-refractivity contribution in [3.05, 3.63) is 28.3 Å². The first kappa shape index (κ1) is 13.8. The number of rotatable bonds is 5. The standard InChI is InChI=1S/C13H18ClNO2/c1-4-15(6-5-12(16)17)13-10(3)7-9(2)8-11(13)14/h7-8H,4-6H2,1-3H3,(H,16,17). The zero-order chi connectivity index (χ0) is 13.0. The van der Waals surface area contributed by atoms with Gasteiger partial charge < -0.3 is 10.0 Å². The van der Waals surface area contributed by atoms with Gasteiger partial charge in [-0.3, -0.25) is 4.79 Å². The number of hydrogen-bond donors (Lipinski definition) is 1.